The number of aromatic nitrogens is 1. The summed E-state index contributed by atoms with van der Waals surface area (Å²) in [6.45, 7) is 1.27. The van der Waals surface area contributed by atoms with Crippen molar-refractivity contribution in [2.24, 2.45) is 0 Å². The van der Waals surface area contributed by atoms with Gasteiger partial charge in [-0.2, -0.15) is 0 Å². The van der Waals surface area contributed by atoms with Gasteiger partial charge >= 0.3 is 0 Å². The van der Waals surface area contributed by atoms with Crippen LogP contribution in [0.1, 0.15) is 12.8 Å². The predicted octanol–water partition coefficient (Wildman–Crippen LogP) is -0.260. The number of hydrogen-bond donors (Lipinski definition) is 4. The Kier molecular flexibility index (Phi) is 4.40. The molecule has 1 amide bonds. The number of anilines is 3. The molecular formula is C12H19N5O2. The van der Waals surface area contributed by atoms with Gasteiger partial charge in [0.2, 0.25) is 6.41 Å². The normalized spacial score (nSPS) is 18.4. The van der Waals surface area contributed by atoms with Crippen molar-refractivity contribution in [2.45, 2.75) is 19.0 Å². The van der Waals surface area contributed by atoms with Crippen LogP contribution in [0.2, 0.25) is 0 Å². The van der Waals surface area contributed by atoms with Crippen molar-refractivity contribution in [1.82, 2.24) is 10.3 Å². The van der Waals surface area contributed by atoms with Crippen LogP contribution in [-0.4, -0.2) is 42.4 Å². The second-order valence-electron chi connectivity index (χ2n) is 4.39. The number of amides is 1. The topological polar surface area (TPSA) is 104 Å². The molecule has 0 saturated carbocycles. The quantitative estimate of drug-likeness (QED) is 0.528. The van der Waals surface area contributed by atoms with E-state index in [0.29, 0.717) is 24.5 Å². The molecule has 1 saturated heterocycles. The lowest BCUT2D eigenvalue weighted by Crippen LogP contribution is -2.41. The highest BCUT2D eigenvalue weighted by molar-refractivity contribution is 5.65. The number of hydrogen-bond acceptors (Lipinski definition) is 6. The maximum atomic E-state index is 10.6. The second kappa shape index (κ2) is 6.24. The van der Waals surface area contributed by atoms with Gasteiger partial charge in [-0.05, 0) is 25.0 Å². The predicted molar refractivity (Wildman–Crippen MR) is 73.8 cm³/mol. The van der Waals surface area contributed by atoms with E-state index in [0.717, 1.165) is 25.2 Å². The van der Waals surface area contributed by atoms with Gasteiger partial charge in [-0.25, -0.2) is 4.98 Å². The molecule has 0 radical (unpaired) electrons. The van der Waals surface area contributed by atoms with E-state index in [9.17, 15) is 4.79 Å². The second-order valence-corrected chi connectivity index (χ2v) is 4.39. The molecule has 0 spiro atoms. The van der Waals surface area contributed by atoms with Crippen molar-refractivity contribution in [3.8, 4) is 0 Å². The zero-order valence-electron chi connectivity index (χ0n) is 10.7. The summed E-state index contributed by atoms with van der Waals surface area (Å²) in [4.78, 5) is 17.1. The minimum absolute atomic E-state index is 0.0145. The molecule has 1 atom stereocenters. The van der Waals surface area contributed by atoms with Crippen LogP contribution in [0.5, 0.6) is 0 Å². The summed E-state index contributed by atoms with van der Waals surface area (Å²) < 4.78 is 0. The average Bonchev–Trinajstić information content (AvgIpc) is 2.87. The molecular weight excluding hydrogens is 246 g/mol. The first-order valence-corrected chi connectivity index (χ1v) is 6.34. The molecule has 1 aliphatic heterocycles. The lowest BCUT2D eigenvalue weighted by atomic mass is 10.3. The molecule has 2 heterocycles. The third-order valence-corrected chi connectivity index (χ3v) is 3.12. The number of nitrogens with two attached hydrogens (primary N) is 1. The zero-order valence-corrected chi connectivity index (χ0v) is 10.7. The number of carbonyl (C=O) groups is 1. The Bertz CT molecular complexity index is 440. The van der Waals surface area contributed by atoms with Crippen LogP contribution < -0.4 is 21.3 Å². The van der Waals surface area contributed by atoms with Gasteiger partial charge in [0, 0.05) is 13.1 Å². The van der Waals surface area contributed by atoms with Crippen molar-refractivity contribution in [2.75, 3.05) is 35.6 Å². The number of carbonyl (C=O) groups excluding carboxylic acids is 1. The monoisotopic (exact) mass is 265 g/mol. The molecule has 19 heavy (non-hydrogen) atoms. The molecule has 1 aromatic heterocycles. The van der Waals surface area contributed by atoms with Crippen LogP contribution >= 0.6 is 0 Å². The zero-order chi connectivity index (χ0) is 13.7. The Labute approximate surface area is 111 Å². The van der Waals surface area contributed by atoms with Gasteiger partial charge in [0.05, 0.1) is 12.3 Å². The summed E-state index contributed by atoms with van der Waals surface area (Å²) in [5, 5.41) is 14.6. The fourth-order valence-electron chi connectivity index (χ4n) is 2.23. The molecule has 1 fully saturated rings. The summed E-state index contributed by atoms with van der Waals surface area (Å²) in [7, 11) is 0. The summed E-state index contributed by atoms with van der Waals surface area (Å²) >= 11 is 0. The van der Waals surface area contributed by atoms with E-state index in [4.69, 9.17) is 10.8 Å². The number of pyridine rings is 1. The largest absolute Gasteiger partial charge is 0.396 e. The molecule has 1 unspecified atom stereocenters. The van der Waals surface area contributed by atoms with Crippen molar-refractivity contribution < 1.29 is 9.90 Å². The fourth-order valence-corrected chi connectivity index (χ4v) is 2.23. The maximum Gasteiger partial charge on any atom is 0.208 e. The first-order valence-electron chi connectivity index (χ1n) is 6.34. The Balaban J connectivity index is 2.17. The van der Waals surface area contributed by atoms with Crippen LogP contribution in [0.25, 0.3) is 0 Å². The van der Waals surface area contributed by atoms with E-state index in [1.165, 1.54) is 0 Å². The van der Waals surface area contributed by atoms with Crippen molar-refractivity contribution in [3.05, 3.63) is 12.1 Å². The molecule has 2 rings (SSSR count). The molecule has 7 heteroatoms. The van der Waals surface area contributed by atoms with Crippen LogP contribution in [0.4, 0.5) is 17.3 Å². The highest BCUT2D eigenvalue weighted by atomic mass is 16.3. The number of nitrogens with one attached hydrogen (secondary N) is 2. The smallest absolute Gasteiger partial charge is 0.208 e. The van der Waals surface area contributed by atoms with Crippen LogP contribution in [0, 0.1) is 0 Å². The third-order valence-electron chi connectivity index (χ3n) is 3.12. The van der Waals surface area contributed by atoms with Crippen molar-refractivity contribution in [3.63, 3.8) is 0 Å². The first-order chi connectivity index (χ1) is 9.26. The van der Waals surface area contributed by atoms with E-state index >= 15 is 0 Å². The third kappa shape index (κ3) is 3.05. The minimum atomic E-state index is -0.0145. The SMILES string of the molecule is Nc1ccc(N2CCCC2NC=O)nc1NCCO. The van der Waals surface area contributed by atoms with Gasteiger partial charge < -0.3 is 26.4 Å². The van der Waals surface area contributed by atoms with E-state index in [2.05, 4.69) is 15.6 Å². The van der Waals surface area contributed by atoms with E-state index in [1.807, 2.05) is 11.0 Å². The van der Waals surface area contributed by atoms with E-state index in [-0.39, 0.29) is 12.8 Å². The number of aliphatic hydroxyl groups is 1. The van der Waals surface area contributed by atoms with Gasteiger partial charge in [-0.3, -0.25) is 4.79 Å². The number of rotatable bonds is 6. The van der Waals surface area contributed by atoms with E-state index < -0.39 is 0 Å². The van der Waals surface area contributed by atoms with Gasteiger partial charge in [0.1, 0.15) is 12.0 Å². The number of nitrogen functional groups attached to an aromatic ring is 1. The number of nitrogens with zero attached hydrogens (tertiary/aromatic N) is 2. The first kappa shape index (κ1) is 13.4. The molecule has 0 bridgehead atoms. The lowest BCUT2D eigenvalue weighted by molar-refractivity contribution is -0.110. The van der Waals surface area contributed by atoms with Crippen LogP contribution in [0.15, 0.2) is 12.1 Å². The Morgan fingerprint density at radius 3 is 3.16 bits per heavy atom. The summed E-state index contributed by atoms with van der Waals surface area (Å²) in [5.41, 5.74) is 6.36. The highest BCUT2D eigenvalue weighted by Gasteiger charge is 2.25. The Morgan fingerprint density at radius 1 is 1.58 bits per heavy atom. The van der Waals surface area contributed by atoms with Crippen LogP contribution in [0.3, 0.4) is 0 Å². The van der Waals surface area contributed by atoms with Crippen molar-refractivity contribution in [1.29, 1.82) is 0 Å². The molecule has 0 aromatic carbocycles. The van der Waals surface area contributed by atoms with E-state index in [1.54, 1.807) is 6.07 Å². The standard InChI is InChI=1S/C12H19N5O2/c13-9-3-4-11(16-12(9)14-5-7-18)17-6-1-2-10(17)15-8-19/h3-4,8,10,18H,1-2,5-7,13H2,(H,14,16)(H,15,19). The highest BCUT2D eigenvalue weighted by Crippen LogP contribution is 2.26. The fraction of sp³-hybridized carbons (Fsp3) is 0.500. The lowest BCUT2D eigenvalue weighted by Gasteiger charge is -2.25. The molecule has 5 N–H and O–H groups in total. The Morgan fingerprint density at radius 2 is 2.42 bits per heavy atom. The average molecular weight is 265 g/mol. The summed E-state index contributed by atoms with van der Waals surface area (Å²) in [6.07, 6.45) is 2.62. The molecule has 1 aliphatic rings. The summed E-state index contributed by atoms with van der Waals surface area (Å²) in [6, 6.07) is 3.61. The van der Waals surface area contributed by atoms with Gasteiger partial charge in [0.25, 0.3) is 0 Å². The van der Waals surface area contributed by atoms with Crippen molar-refractivity contribution >= 4 is 23.7 Å². The molecule has 7 nitrogen and oxygen atoms in total. The van der Waals surface area contributed by atoms with Gasteiger partial charge in [-0.1, -0.05) is 0 Å². The number of aliphatic hydroxyl groups excluding tert-OH is 1. The molecule has 1 aromatic rings. The maximum absolute atomic E-state index is 10.6. The van der Waals surface area contributed by atoms with Crippen LogP contribution in [-0.2, 0) is 4.79 Å². The molecule has 0 aliphatic carbocycles. The minimum Gasteiger partial charge on any atom is -0.396 e. The summed E-state index contributed by atoms with van der Waals surface area (Å²) in [5.74, 6) is 1.33. The molecule has 104 valence electrons. The van der Waals surface area contributed by atoms with Gasteiger partial charge in [0.15, 0.2) is 5.82 Å². The van der Waals surface area contributed by atoms with Gasteiger partial charge in [-0.15, -0.1) is 0 Å². The Hall–Kier alpha value is -2.02.